The van der Waals surface area contributed by atoms with E-state index in [-0.39, 0.29) is 91.1 Å². The fourth-order valence-electron chi connectivity index (χ4n) is 8.70. The average Bonchev–Trinajstić information content (AvgIpc) is 4.11. The fraction of sp³-hybridized carbons (Fsp3) is 0.532. The predicted octanol–water partition coefficient (Wildman–Crippen LogP) is 4.43. The van der Waals surface area contributed by atoms with Crippen molar-refractivity contribution in [1.82, 2.24) is 35.6 Å². The van der Waals surface area contributed by atoms with Gasteiger partial charge < -0.3 is 61.0 Å². The molecule has 6 atom stereocenters. The number of alkyl halides is 3. The van der Waals surface area contributed by atoms with Crippen LogP contribution in [0.4, 0.5) is 53.9 Å². The van der Waals surface area contributed by atoms with Crippen LogP contribution in [0.15, 0.2) is 36.6 Å². The summed E-state index contributed by atoms with van der Waals surface area (Å²) >= 11 is 0. The molecule has 0 aromatic heterocycles. The van der Waals surface area contributed by atoms with Gasteiger partial charge in [-0.05, 0) is 69.7 Å². The summed E-state index contributed by atoms with van der Waals surface area (Å²) in [5, 5.41) is 22.7. The molecular formula is C47H59F9N8O12. The van der Waals surface area contributed by atoms with Crippen molar-refractivity contribution in [3.05, 3.63) is 82.6 Å². The first-order chi connectivity index (χ1) is 35.4. The molecule has 20 nitrogen and oxygen atoms in total. The number of carbonyl (C=O) groups is 8. The summed E-state index contributed by atoms with van der Waals surface area (Å²) in [5.74, 6) is -10.8. The van der Waals surface area contributed by atoms with Gasteiger partial charge in [0.1, 0.15) is 23.5 Å². The van der Waals surface area contributed by atoms with E-state index < -0.39 is 76.8 Å². The summed E-state index contributed by atoms with van der Waals surface area (Å²) in [5.41, 5.74) is 4.93. The van der Waals surface area contributed by atoms with E-state index in [4.69, 9.17) is 25.5 Å². The maximum absolute atomic E-state index is 14.3. The number of fused-ring (bicyclic) bond motifs is 2. The molecule has 2 aromatic carbocycles. The highest BCUT2D eigenvalue weighted by molar-refractivity contribution is 5.81. The normalized spacial score (nSPS) is 19.3. The zero-order valence-corrected chi connectivity index (χ0v) is 41.7. The molecule has 29 heteroatoms. The van der Waals surface area contributed by atoms with Crippen LogP contribution >= 0.6 is 0 Å². The first-order valence-corrected chi connectivity index (χ1v) is 23.2. The van der Waals surface area contributed by atoms with E-state index in [1.165, 1.54) is 0 Å². The standard InChI is InChI=1S/C23H31F3N4O4.C18H23F3N4O2.C4H4O4.C2HF3O2/c1-23(2,3)34-22(33)28-15(7-14-8-17(25)18(26)10-16(14)24)9-20(31)30-6-5-13-11-29(12-19(13)30)21(32)27-4;1-23-18(27)24-8-10-2-3-25(16(10)9-24)17(26)6-12(22)4-11-5-14(20)15(21)7-13(11)19;5-3-8-2-1-4(6)7;3-2(4,5)1(6)7/h8,10,13,15,19H,5-7,9,11-12H2,1-4H3,(H,27,32)(H,28,33);5,7,10,12,16H,2-4,6,8-9,22H2,1H3,(H,23,27);1-3H,(H,6,7);(H,6,7)/b;;2-1+;/t13-,15+,19+;10-,12+,16+;;/m00../s1. The lowest BCUT2D eigenvalue weighted by atomic mass is 10.0. The molecule has 0 spiro atoms. The highest BCUT2D eigenvalue weighted by Crippen LogP contribution is 2.34. The number of hydrogen-bond acceptors (Lipinski definition) is 11. The monoisotopic (exact) mass is 1100 g/mol. The number of likely N-dealkylation sites (tertiary alicyclic amines) is 4. The van der Waals surface area contributed by atoms with Crippen LogP contribution in [-0.4, -0.2) is 168 Å². The average molecular weight is 1100 g/mol. The van der Waals surface area contributed by atoms with Gasteiger partial charge in [0.05, 0.1) is 18.2 Å². The van der Waals surface area contributed by atoms with Gasteiger partial charge in [0, 0.05) is 102 Å². The molecule has 7 N–H and O–H groups in total. The number of hydrogen-bond donors (Lipinski definition) is 6. The molecule has 4 saturated heterocycles. The Morgan fingerprint density at radius 3 is 1.51 bits per heavy atom. The van der Waals surface area contributed by atoms with Gasteiger partial charge in [-0.3, -0.25) is 14.4 Å². The zero-order chi connectivity index (χ0) is 57.4. The molecule has 6 rings (SSSR count). The van der Waals surface area contributed by atoms with Gasteiger partial charge in [0.15, 0.2) is 23.3 Å². The number of nitrogens with one attached hydrogen (secondary N) is 3. The second-order valence-electron chi connectivity index (χ2n) is 18.6. The number of rotatable bonds is 12. The molecule has 2 aromatic rings. The molecule has 0 bridgehead atoms. The van der Waals surface area contributed by atoms with E-state index >= 15 is 0 Å². The summed E-state index contributed by atoms with van der Waals surface area (Å²) in [6, 6.07) is 0.229. The quantitative estimate of drug-likeness (QED) is 0.0566. The maximum Gasteiger partial charge on any atom is 0.490 e. The molecule has 4 fully saturated rings. The lowest BCUT2D eigenvalue weighted by Gasteiger charge is -2.28. The van der Waals surface area contributed by atoms with Gasteiger partial charge in [0.25, 0.3) is 6.47 Å². The van der Waals surface area contributed by atoms with Crippen molar-refractivity contribution >= 4 is 48.4 Å². The van der Waals surface area contributed by atoms with Crippen LogP contribution < -0.4 is 21.7 Å². The maximum atomic E-state index is 14.3. The van der Waals surface area contributed by atoms with E-state index in [2.05, 4.69) is 20.7 Å². The number of alkyl carbamates (subject to hydrolysis) is 1. The molecule has 0 unspecified atom stereocenters. The molecule has 422 valence electrons. The number of carboxylic acid groups (broad SMARTS) is 2. The second kappa shape index (κ2) is 28.0. The number of carboxylic acids is 2. The topological polar surface area (TPSA) is 271 Å². The molecule has 0 saturated carbocycles. The van der Waals surface area contributed by atoms with Crippen LogP contribution in [0.25, 0.3) is 0 Å². The van der Waals surface area contributed by atoms with Gasteiger partial charge in [-0.15, -0.1) is 0 Å². The van der Waals surface area contributed by atoms with E-state index in [1.54, 1.807) is 54.5 Å². The Kier molecular flexibility index (Phi) is 23.2. The Morgan fingerprint density at radius 2 is 1.12 bits per heavy atom. The number of ether oxygens (including phenoxy) is 2. The molecule has 0 aliphatic carbocycles. The summed E-state index contributed by atoms with van der Waals surface area (Å²) in [4.78, 5) is 96.5. The van der Waals surface area contributed by atoms with Crippen LogP contribution in [0.1, 0.15) is 57.6 Å². The number of carbonyl (C=O) groups excluding carboxylic acids is 6. The Morgan fingerprint density at radius 1 is 0.697 bits per heavy atom. The highest BCUT2D eigenvalue weighted by Gasteiger charge is 2.46. The van der Waals surface area contributed by atoms with Crippen molar-refractivity contribution in [2.45, 2.75) is 95.2 Å². The predicted molar refractivity (Wildman–Crippen MR) is 247 cm³/mol. The number of urea groups is 2. The summed E-state index contributed by atoms with van der Waals surface area (Å²) in [6.07, 6.45) is -3.35. The largest absolute Gasteiger partial charge is 0.490 e. The van der Waals surface area contributed by atoms with Crippen molar-refractivity contribution in [1.29, 1.82) is 0 Å². The van der Waals surface area contributed by atoms with Crippen LogP contribution in [0, 0.1) is 46.7 Å². The van der Waals surface area contributed by atoms with Crippen molar-refractivity contribution in [3.63, 3.8) is 0 Å². The molecule has 4 aliphatic rings. The van der Waals surface area contributed by atoms with Crippen LogP contribution in [0.2, 0.25) is 0 Å². The molecule has 4 heterocycles. The first kappa shape index (κ1) is 63.0. The molecule has 7 amide bonds. The van der Waals surface area contributed by atoms with Gasteiger partial charge >= 0.3 is 36.3 Å². The van der Waals surface area contributed by atoms with E-state index in [0.29, 0.717) is 57.5 Å². The minimum atomic E-state index is -5.08. The van der Waals surface area contributed by atoms with Crippen molar-refractivity contribution < 1.29 is 97.6 Å². The van der Waals surface area contributed by atoms with Crippen molar-refractivity contribution in [3.8, 4) is 0 Å². The van der Waals surface area contributed by atoms with E-state index in [1.807, 2.05) is 0 Å². The third-order valence-corrected chi connectivity index (χ3v) is 12.0. The van der Waals surface area contributed by atoms with Crippen LogP contribution in [0.3, 0.4) is 0 Å². The number of nitrogens with two attached hydrogens (primary N) is 1. The minimum Gasteiger partial charge on any atom is -0.478 e. The number of amides is 7. The Labute approximate surface area is 429 Å². The van der Waals surface area contributed by atoms with Gasteiger partial charge in [-0.2, -0.15) is 13.2 Å². The Bertz CT molecular complexity index is 2450. The number of benzene rings is 2. The van der Waals surface area contributed by atoms with Crippen LogP contribution in [0.5, 0.6) is 0 Å². The SMILES string of the molecule is CNC(=O)N1C[C@@H]2CCN(C(=O)C[C@@H](Cc3cc(F)c(F)cc3F)NC(=O)OC(C)(C)C)[C@@H]2C1.CNC(=O)N1C[C@@H]2CCN(C(=O)C[C@H](N)Cc3cc(F)c(F)cc3F)[C@@H]2C1.O=C(O)C(F)(F)F.O=CO/C=C/C(=O)O. The minimum absolute atomic E-state index is 0.0262. The third kappa shape index (κ3) is 19.1. The van der Waals surface area contributed by atoms with Crippen molar-refractivity contribution in [2.75, 3.05) is 53.4 Å². The van der Waals surface area contributed by atoms with Gasteiger partial charge in [0.2, 0.25) is 11.8 Å². The van der Waals surface area contributed by atoms with Crippen molar-refractivity contribution in [2.24, 2.45) is 17.6 Å². The number of nitrogens with zero attached hydrogens (tertiary/aromatic N) is 4. The van der Waals surface area contributed by atoms with Crippen LogP contribution in [-0.2, 0) is 46.3 Å². The number of aliphatic carboxylic acids is 2. The molecule has 76 heavy (non-hydrogen) atoms. The summed E-state index contributed by atoms with van der Waals surface area (Å²) in [6.45, 7) is 8.30. The number of halogens is 9. The molecule has 0 radical (unpaired) electrons. The Balaban J connectivity index is 0.000000320. The smallest absolute Gasteiger partial charge is 0.478 e. The van der Waals surface area contributed by atoms with E-state index in [9.17, 15) is 73.1 Å². The molecule has 4 aliphatic heterocycles. The highest BCUT2D eigenvalue weighted by atomic mass is 19.4. The fourth-order valence-corrected chi connectivity index (χ4v) is 8.70. The third-order valence-electron chi connectivity index (χ3n) is 12.0. The zero-order valence-electron chi connectivity index (χ0n) is 41.7. The first-order valence-electron chi connectivity index (χ1n) is 23.2. The lowest BCUT2D eigenvalue weighted by molar-refractivity contribution is -0.192. The lowest BCUT2D eigenvalue weighted by Crippen LogP contribution is -2.46. The van der Waals surface area contributed by atoms with Gasteiger partial charge in [-0.25, -0.2) is 50.3 Å². The van der Waals surface area contributed by atoms with Gasteiger partial charge in [-0.1, -0.05) is 0 Å². The second-order valence-corrected chi connectivity index (χ2v) is 18.6. The van der Waals surface area contributed by atoms with E-state index in [0.717, 1.165) is 31.2 Å². The molecular weight excluding hydrogens is 1040 g/mol. The summed E-state index contributed by atoms with van der Waals surface area (Å²) < 4.78 is 122. The Hall–Kier alpha value is -7.33. The summed E-state index contributed by atoms with van der Waals surface area (Å²) in [7, 11) is 3.11.